The lowest BCUT2D eigenvalue weighted by Crippen LogP contribution is -2.39. The van der Waals surface area contributed by atoms with Gasteiger partial charge in [-0.15, -0.1) is 0 Å². The van der Waals surface area contributed by atoms with E-state index in [1.165, 1.54) is 10.9 Å². The second-order valence-corrected chi connectivity index (χ2v) is 6.88. The summed E-state index contributed by atoms with van der Waals surface area (Å²) in [6.07, 6.45) is 3.06. The smallest absolute Gasteiger partial charge is 0.262 e. The molecule has 0 radical (unpaired) electrons. The highest BCUT2D eigenvalue weighted by molar-refractivity contribution is 5.93. The van der Waals surface area contributed by atoms with E-state index >= 15 is 0 Å². The van der Waals surface area contributed by atoms with Crippen molar-refractivity contribution in [2.75, 3.05) is 13.7 Å². The van der Waals surface area contributed by atoms with Gasteiger partial charge in [0.05, 0.1) is 35.9 Å². The fraction of sp³-hybridized carbons (Fsp3) is 0.263. The lowest BCUT2D eigenvalue weighted by Gasteiger charge is -2.25. The number of benzene rings is 1. The molecule has 0 saturated carbocycles. The highest BCUT2D eigenvalue weighted by Crippen LogP contribution is 2.28. The number of fused-ring (bicyclic) bond motifs is 2. The van der Waals surface area contributed by atoms with E-state index < -0.39 is 5.54 Å². The van der Waals surface area contributed by atoms with Crippen molar-refractivity contribution in [2.24, 2.45) is 0 Å². The summed E-state index contributed by atoms with van der Waals surface area (Å²) in [5.41, 5.74) is 0.914. The van der Waals surface area contributed by atoms with Crippen molar-refractivity contribution in [1.29, 1.82) is 0 Å². The molecule has 0 unspecified atom stereocenters. The van der Waals surface area contributed by atoms with Crippen molar-refractivity contribution in [1.82, 2.24) is 24.1 Å². The minimum atomic E-state index is -0.750. The third kappa shape index (κ3) is 2.65. The van der Waals surface area contributed by atoms with E-state index in [-0.39, 0.29) is 12.2 Å². The van der Waals surface area contributed by atoms with Crippen LogP contribution in [0.4, 0.5) is 0 Å². The Labute approximate surface area is 154 Å². The Morgan fingerprint density at radius 3 is 2.59 bits per heavy atom. The number of aromatic nitrogens is 5. The van der Waals surface area contributed by atoms with Crippen LogP contribution in [-0.4, -0.2) is 43.0 Å². The molecular formula is C19H19N5O3. The standard InChI is InChI=1S/C19H19N5O3/c1-19(2,10-25)23-9-8-14-15(17(23)26)16(24-18(22-14)20-11-21-24)12-4-6-13(27-3)7-5-12/h4-9,11,25H,10H2,1-3H3. The topological polar surface area (TPSA) is 94.5 Å². The Morgan fingerprint density at radius 1 is 1.19 bits per heavy atom. The molecule has 0 aliphatic carbocycles. The fourth-order valence-corrected chi connectivity index (χ4v) is 3.09. The molecule has 0 bridgehead atoms. The first kappa shape index (κ1) is 17.2. The predicted molar refractivity (Wildman–Crippen MR) is 101 cm³/mol. The van der Waals surface area contributed by atoms with E-state index in [9.17, 15) is 9.90 Å². The van der Waals surface area contributed by atoms with Gasteiger partial charge in [-0.05, 0) is 44.2 Å². The fourth-order valence-electron chi connectivity index (χ4n) is 3.09. The molecule has 1 aromatic carbocycles. The van der Waals surface area contributed by atoms with Gasteiger partial charge in [0.1, 0.15) is 12.1 Å². The van der Waals surface area contributed by atoms with Gasteiger partial charge >= 0.3 is 0 Å². The maximum Gasteiger partial charge on any atom is 0.262 e. The maximum atomic E-state index is 13.3. The molecule has 0 amide bonds. The summed E-state index contributed by atoms with van der Waals surface area (Å²) in [6.45, 7) is 3.43. The molecule has 0 aliphatic heterocycles. The number of rotatable bonds is 4. The van der Waals surface area contributed by atoms with E-state index in [4.69, 9.17) is 4.74 Å². The first-order valence-electron chi connectivity index (χ1n) is 8.47. The molecule has 27 heavy (non-hydrogen) atoms. The Kier molecular flexibility index (Phi) is 3.92. The van der Waals surface area contributed by atoms with Crippen molar-refractivity contribution in [3.8, 4) is 17.0 Å². The molecule has 0 fully saturated rings. The van der Waals surface area contributed by atoms with Crippen LogP contribution in [0, 0.1) is 0 Å². The summed E-state index contributed by atoms with van der Waals surface area (Å²) in [6, 6.07) is 9.13. The van der Waals surface area contributed by atoms with Crippen LogP contribution < -0.4 is 10.3 Å². The maximum absolute atomic E-state index is 13.3. The monoisotopic (exact) mass is 365 g/mol. The molecule has 0 aliphatic rings. The quantitative estimate of drug-likeness (QED) is 0.593. The Morgan fingerprint density at radius 2 is 1.93 bits per heavy atom. The third-order valence-electron chi connectivity index (χ3n) is 4.67. The van der Waals surface area contributed by atoms with Gasteiger partial charge in [0, 0.05) is 11.8 Å². The second kappa shape index (κ2) is 6.17. The van der Waals surface area contributed by atoms with E-state index in [1.807, 2.05) is 24.3 Å². The molecular weight excluding hydrogens is 346 g/mol. The van der Waals surface area contributed by atoms with Crippen molar-refractivity contribution < 1.29 is 9.84 Å². The zero-order valence-electron chi connectivity index (χ0n) is 15.2. The number of hydrogen-bond acceptors (Lipinski definition) is 6. The minimum absolute atomic E-state index is 0.171. The van der Waals surface area contributed by atoms with Crippen molar-refractivity contribution in [2.45, 2.75) is 19.4 Å². The highest BCUT2D eigenvalue weighted by Gasteiger charge is 2.24. The Balaban J connectivity index is 2.13. The Bertz CT molecular complexity index is 1190. The summed E-state index contributed by atoms with van der Waals surface area (Å²) in [5, 5.41) is 14.4. The van der Waals surface area contributed by atoms with Crippen LogP contribution in [0.3, 0.4) is 0 Å². The molecule has 8 nitrogen and oxygen atoms in total. The molecule has 1 N–H and O–H groups in total. The Hall–Kier alpha value is -3.26. The van der Waals surface area contributed by atoms with Crippen molar-refractivity contribution in [3.63, 3.8) is 0 Å². The van der Waals surface area contributed by atoms with Gasteiger partial charge in [-0.2, -0.15) is 14.6 Å². The van der Waals surface area contributed by atoms with Gasteiger partial charge in [-0.25, -0.2) is 4.98 Å². The van der Waals surface area contributed by atoms with Crippen LogP contribution in [0.2, 0.25) is 0 Å². The summed E-state index contributed by atoms with van der Waals surface area (Å²) >= 11 is 0. The summed E-state index contributed by atoms with van der Waals surface area (Å²) < 4.78 is 8.30. The van der Waals surface area contributed by atoms with E-state index in [1.54, 1.807) is 37.7 Å². The number of nitrogens with zero attached hydrogens (tertiary/aromatic N) is 5. The third-order valence-corrected chi connectivity index (χ3v) is 4.67. The number of pyridine rings is 1. The van der Waals surface area contributed by atoms with Crippen molar-refractivity contribution >= 4 is 16.7 Å². The highest BCUT2D eigenvalue weighted by atomic mass is 16.5. The van der Waals surface area contributed by atoms with Crippen LogP contribution in [0.5, 0.6) is 5.75 Å². The second-order valence-electron chi connectivity index (χ2n) is 6.88. The van der Waals surface area contributed by atoms with E-state index in [0.29, 0.717) is 28.1 Å². The zero-order valence-corrected chi connectivity index (χ0v) is 15.2. The number of methoxy groups -OCH3 is 1. The first-order valence-corrected chi connectivity index (χ1v) is 8.47. The number of aliphatic hydroxyl groups excluding tert-OH is 1. The molecule has 8 heteroatoms. The molecule has 3 aromatic heterocycles. The van der Waals surface area contributed by atoms with Crippen LogP contribution in [0.25, 0.3) is 27.9 Å². The largest absolute Gasteiger partial charge is 0.497 e. The molecule has 0 spiro atoms. The predicted octanol–water partition coefficient (Wildman–Crippen LogP) is 1.84. The molecule has 0 saturated heterocycles. The van der Waals surface area contributed by atoms with E-state index in [0.717, 1.165) is 5.56 Å². The van der Waals surface area contributed by atoms with Gasteiger partial charge < -0.3 is 14.4 Å². The number of ether oxygens (including phenoxy) is 1. The average molecular weight is 365 g/mol. The van der Waals surface area contributed by atoms with Crippen LogP contribution in [0.15, 0.2) is 47.7 Å². The minimum Gasteiger partial charge on any atom is -0.497 e. The normalized spacial score (nSPS) is 12.0. The first-order chi connectivity index (χ1) is 13.0. The lowest BCUT2D eigenvalue weighted by atomic mass is 10.0. The summed E-state index contributed by atoms with van der Waals surface area (Å²) in [4.78, 5) is 22.0. The van der Waals surface area contributed by atoms with Gasteiger partial charge in [-0.1, -0.05) is 0 Å². The van der Waals surface area contributed by atoms with Gasteiger partial charge in [0.25, 0.3) is 11.3 Å². The molecule has 4 rings (SSSR count). The van der Waals surface area contributed by atoms with Crippen LogP contribution in [-0.2, 0) is 5.54 Å². The number of aliphatic hydroxyl groups is 1. The SMILES string of the molecule is COc1ccc(-c2c3c(=O)n(C(C)(C)CO)ccc3nc3ncnn23)cc1. The summed E-state index contributed by atoms with van der Waals surface area (Å²) in [7, 11) is 1.60. The molecule has 4 aromatic rings. The zero-order chi connectivity index (χ0) is 19.2. The molecule has 0 atom stereocenters. The lowest BCUT2D eigenvalue weighted by molar-refractivity contribution is 0.161. The van der Waals surface area contributed by atoms with E-state index in [2.05, 4.69) is 15.1 Å². The van der Waals surface area contributed by atoms with Gasteiger partial charge in [-0.3, -0.25) is 4.79 Å². The van der Waals surface area contributed by atoms with Crippen LogP contribution in [0.1, 0.15) is 13.8 Å². The number of hydrogen-bond donors (Lipinski definition) is 1. The van der Waals surface area contributed by atoms with Gasteiger partial charge in [0.2, 0.25) is 0 Å². The molecule has 138 valence electrons. The average Bonchev–Trinajstić information content (AvgIpc) is 3.14. The van der Waals surface area contributed by atoms with Crippen molar-refractivity contribution in [3.05, 3.63) is 53.2 Å². The van der Waals surface area contributed by atoms with Crippen LogP contribution >= 0.6 is 0 Å². The summed E-state index contributed by atoms with van der Waals surface area (Å²) in [5.74, 6) is 1.12. The van der Waals surface area contributed by atoms with Gasteiger partial charge in [0.15, 0.2) is 0 Å². The molecule has 3 heterocycles.